The van der Waals surface area contributed by atoms with Crippen LogP contribution >= 0.6 is 10.2 Å². The number of rotatable bonds is 11. The lowest BCUT2D eigenvalue weighted by molar-refractivity contribution is -0.162. The van der Waals surface area contributed by atoms with Gasteiger partial charge < -0.3 is 9.47 Å². The van der Waals surface area contributed by atoms with Gasteiger partial charge in [-0.1, -0.05) is 78.3 Å². The number of halogens is 3. The van der Waals surface area contributed by atoms with E-state index in [9.17, 15) is 34.8 Å². The first-order valence-corrected chi connectivity index (χ1v) is 21.1. The zero-order chi connectivity index (χ0) is 37.7. The standard InChI is InChI=1S/C38H38F3NO7S3/c1-5-28-17-19-29(20-18-28)51(44,45)42(52(46,47)38(39,40)41)50(33-15-9-7-13-31(33)32-14-8-10-16-34(32)50)30-23-26(3)36(27(4)24-30)48-25-35(43)49-37(6-2)21-11-12-22-37/h5,7-10,13-20,23-24H,1,6,11-12,21-22,25H2,2-4H3. The van der Waals surface area contributed by atoms with Gasteiger partial charge >= 0.3 is 21.5 Å². The maximum absolute atomic E-state index is 15.0. The molecule has 0 bridgehead atoms. The molecule has 6 rings (SSSR count). The van der Waals surface area contributed by atoms with Crippen molar-refractivity contribution in [3.8, 4) is 16.9 Å². The summed E-state index contributed by atoms with van der Waals surface area (Å²) >= 11 is 0. The van der Waals surface area contributed by atoms with E-state index in [1.807, 2.05) is 6.92 Å². The third kappa shape index (κ3) is 6.12. The number of sulfonamides is 2. The van der Waals surface area contributed by atoms with Gasteiger partial charge in [0.1, 0.15) is 11.4 Å². The van der Waals surface area contributed by atoms with Crippen LogP contribution in [-0.4, -0.2) is 43.6 Å². The molecular weight excluding hydrogens is 736 g/mol. The third-order valence-electron chi connectivity index (χ3n) is 9.62. The van der Waals surface area contributed by atoms with E-state index in [0.29, 0.717) is 34.2 Å². The summed E-state index contributed by atoms with van der Waals surface area (Å²) < 4.78 is 114. The molecule has 0 unspecified atom stereocenters. The maximum atomic E-state index is 15.0. The summed E-state index contributed by atoms with van der Waals surface area (Å²) in [6.45, 7) is 8.37. The van der Waals surface area contributed by atoms with Crippen molar-refractivity contribution in [2.24, 2.45) is 0 Å². The minimum Gasteiger partial charge on any atom is -0.481 e. The molecule has 14 heteroatoms. The summed E-state index contributed by atoms with van der Waals surface area (Å²) in [4.78, 5) is 12.5. The molecule has 276 valence electrons. The smallest absolute Gasteiger partial charge is 0.481 e. The Morgan fingerprint density at radius 1 is 0.885 bits per heavy atom. The average Bonchev–Trinajstić information content (AvgIpc) is 3.69. The zero-order valence-corrected chi connectivity index (χ0v) is 31.2. The van der Waals surface area contributed by atoms with Crippen molar-refractivity contribution in [3.63, 3.8) is 0 Å². The first-order valence-electron chi connectivity index (χ1n) is 16.6. The van der Waals surface area contributed by atoms with E-state index in [1.165, 1.54) is 54.6 Å². The van der Waals surface area contributed by atoms with E-state index in [4.69, 9.17) is 9.47 Å². The van der Waals surface area contributed by atoms with Crippen LogP contribution in [0.15, 0.2) is 111 Å². The van der Waals surface area contributed by atoms with Crippen LogP contribution < -0.4 is 4.74 Å². The second-order valence-electron chi connectivity index (χ2n) is 12.9. The summed E-state index contributed by atoms with van der Waals surface area (Å²) in [7, 11) is -16.1. The average molecular weight is 774 g/mol. The van der Waals surface area contributed by atoms with Gasteiger partial charge in [-0.2, -0.15) is 13.2 Å². The molecule has 52 heavy (non-hydrogen) atoms. The molecule has 0 N–H and O–H groups in total. The number of benzene rings is 4. The van der Waals surface area contributed by atoms with Crippen molar-refractivity contribution in [2.45, 2.75) is 83.6 Å². The number of carbonyl (C=O) groups excluding carboxylic acids is 1. The highest BCUT2D eigenvalue weighted by atomic mass is 32.4. The van der Waals surface area contributed by atoms with Crippen molar-refractivity contribution in [3.05, 3.63) is 108 Å². The van der Waals surface area contributed by atoms with E-state index >= 15 is 0 Å². The second-order valence-corrected chi connectivity index (χ2v) is 20.0. The topological polar surface area (TPSA) is 107 Å². The fraction of sp³-hybridized carbons (Fsp3) is 0.289. The van der Waals surface area contributed by atoms with Crippen molar-refractivity contribution >= 4 is 42.3 Å². The van der Waals surface area contributed by atoms with Gasteiger partial charge in [-0.25, -0.2) is 21.6 Å². The summed E-state index contributed by atoms with van der Waals surface area (Å²) in [6, 6.07) is 20.2. The molecule has 0 saturated heterocycles. The Bertz CT molecular complexity index is 2200. The first kappa shape index (κ1) is 37.6. The van der Waals surface area contributed by atoms with Gasteiger partial charge in [-0.3, -0.25) is 0 Å². The summed E-state index contributed by atoms with van der Waals surface area (Å²) in [5, 5.41) is 0. The number of nitrogens with zero attached hydrogens (tertiary/aromatic N) is 1. The SMILES string of the molecule is C=Cc1ccc(S(=O)(=O)N(S2(c3cc(C)c(OCC(=O)OC4(CC)CCCC4)c(C)c3)c3ccccc3-c3ccccc32)S(=O)(=O)C(F)(F)F)cc1. The Morgan fingerprint density at radius 3 is 1.88 bits per heavy atom. The Kier molecular flexibility index (Phi) is 9.92. The molecule has 1 fully saturated rings. The van der Waals surface area contributed by atoms with Gasteiger partial charge in [0.15, 0.2) is 6.61 Å². The summed E-state index contributed by atoms with van der Waals surface area (Å²) in [5.41, 5.74) is -4.61. The van der Waals surface area contributed by atoms with E-state index in [-0.39, 0.29) is 23.6 Å². The fourth-order valence-corrected chi connectivity index (χ4v) is 17.3. The molecule has 4 aromatic carbocycles. The molecular formula is C38H38F3NO7S3. The van der Waals surface area contributed by atoms with E-state index < -0.39 is 58.8 Å². The first-order chi connectivity index (χ1) is 24.5. The van der Waals surface area contributed by atoms with Crippen molar-refractivity contribution in [1.29, 1.82) is 0 Å². The van der Waals surface area contributed by atoms with Crippen LogP contribution in [-0.2, 0) is 29.6 Å². The van der Waals surface area contributed by atoms with Crippen molar-refractivity contribution in [1.82, 2.24) is 3.12 Å². The van der Waals surface area contributed by atoms with Crippen molar-refractivity contribution in [2.75, 3.05) is 6.61 Å². The lowest BCUT2D eigenvalue weighted by Gasteiger charge is -2.45. The highest BCUT2D eigenvalue weighted by molar-refractivity contribution is 8.41. The third-order valence-corrected chi connectivity index (χ3v) is 18.9. The van der Waals surface area contributed by atoms with Gasteiger partial charge in [0.25, 0.3) is 10.0 Å². The van der Waals surface area contributed by atoms with Gasteiger partial charge in [-0.15, -0.1) is 0 Å². The molecule has 0 amide bonds. The van der Waals surface area contributed by atoms with Crippen molar-refractivity contribution < 1.29 is 44.3 Å². The predicted octanol–water partition coefficient (Wildman–Crippen LogP) is 9.31. The number of aryl methyl sites for hydroxylation is 2. The summed E-state index contributed by atoms with van der Waals surface area (Å²) in [6.07, 6.45) is 5.51. The largest absolute Gasteiger partial charge is 0.513 e. The van der Waals surface area contributed by atoms with E-state index in [2.05, 4.69) is 6.58 Å². The van der Waals surface area contributed by atoms with Gasteiger partial charge in [0.2, 0.25) is 0 Å². The number of fused-ring (bicyclic) bond motifs is 3. The highest BCUT2D eigenvalue weighted by Gasteiger charge is 2.63. The molecule has 1 heterocycles. The normalized spacial score (nSPS) is 16.9. The number of hydrogen-bond acceptors (Lipinski definition) is 7. The Morgan fingerprint density at radius 2 is 1.40 bits per heavy atom. The number of alkyl halides is 3. The highest BCUT2D eigenvalue weighted by Crippen LogP contribution is 2.80. The molecule has 0 radical (unpaired) electrons. The lowest BCUT2D eigenvalue weighted by Crippen LogP contribution is -2.45. The minimum atomic E-state index is -6.64. The van der Waals surface area contributed by atoms with Crippen LogP contribution in [0.5, 0.6) is 5.75 Å². The molecule has 2 aliphatic rings. The van der Waals surface area contributed by atoms with Gasteiger partial charge in [0.05, 0.1) is 4.90 Å². The Labute approximate surface area is 303 Å². The molecule has 1 saturated carbocycles. The number of esters is 1. The molecule has 0 aromatic heterocycles. The van der Waals surface area contributed by atoms with Crippen LogP contribution in [0.25, 0.3) is 17.2 Å². The van der Waals surface area contributed by atoms with Crippen LogP contribution in [0.3, 0.4) is 0 Å². The summed E-state index contributed by atoms with van der Waals surface area (Å²) in [5.74, 6) is -0.330. The Hall–Kier alpha value is -4.11. The van der Waals surface area contributed by atoms with Gasteiger partial charge in [0, 0.05) is 14.7 Å². The van der Waals surface area contributed by atoms with Crippen LogP contribution in [0.1, 0.15) is 55.7 Å². The molecule has 1 aliphatic heterocycles. The lowest BCUT2D eigenvalue weighted by atomic mass is 9.99. The zero-order valence-electron chi connectivity index (χ0n) is 28.8. The quantitative estimate of drug-likeness (QED) is 0.140. The number of hydrogen-bond donors (Lipinski definition) is 0. The number of ether oxygens (including phenoxy) is 2. The molecule has 0 spiro atoms. The van der Waals surface area contributed by atoms with Gasteiger partial charge in [-0.05, 0) is 113 Å². The van der Waals surface area contributed by atoms with Crippen LogP contribution in [0.2, 0.25) is 0 Å². The molecule has 0 atom stereocenters. The van der Waals surface area contributed by atoms with E-state index in [0.717, 1.165) is 37.8 Å². The predicted molar refractivity (Wildman–Crippen MR) is 194 cm³/mol. The molecule has 8 nitrogen and oxygen atoms in total. The second kappa shape index (κ2) is 13.7. The van der Waals surface area contributed by atoms with Crippen LogP contribution in [0, 0.1) is 13.8 Å². The minimum absolute atomic E-state index is 0.00447. The maximum Gasteiger partial charge on any atom is 0.513 e. The monoisotopic (exact) mass is 773 g/mol. The fourth-order valence-electron chi connectivity index (χ4n) is 7.14. The molecule has 4 aromatic rings. The molecule has 1 aliphatic carbocycles. The van der Waals surface area contributed by atoms with E-state index in [1.54, 1.807) is 38.1 Å². The Balaban J connectivity index is 1.59. The number of carbonyl (C=O) groups is 1. The van der Waals surface area contributed by atoms with Crippen LogP contribution in [0.4, 0.5) is 13.2 Å².